The van der Waals surface area contributed by atoms with Crippen LogP contribution in [0.3, 0.4) is 0 Å². The van der Waals surface area contributed by atoms with E-state index >= 15 is 0 Å². The normalized spacial score (nSPS) is 19.7. The van der Waals surface area contributed by atoms with Crippen LogP contribution in [0.25, 0.3) is 0 Å². The summed E-state index contributed by atoms with van der Waals surface area (Å²) in [6, 6.07) is 14.2. The van der Waals surface area contributed by atoms with Crippen molar-refractivity contribution < 1.29 is 13.2 Å². The highest BCUT2D eigenvalue weighted by atomic mass is 19.4. The van der Waals surface area contributed by atoms with Crippen molar-refractivity contribution in [2.24, 2.45) is 5.92 Å². The minimum atomic E-state index is -4.29. The van der Waals surface area contributed by atoms with Crippen LogP contribution in [-0.2, 0) is 12.6 Å². The minimum absolute atomic E-state index is 0.336. The average molecular weight is 384 g/mol. The van der Waals surface area contributed by atoms with E-state index in [1.807, 2.05) is 0 Å². The lowest BCUT2D eigenvalue weighted by atomic mass is 9.78. The van der Waals surface area contributed by atoms with Gasteiger partial charge in [0.2, 0.25) is 0 Å². The number of aryl methyl sites for hydroxylation is 1. The lowest BCUT2D eigenvalue weighted by Crippen LogP contribution is -2.12. The SMILES string of the molecule is CCCCc1ccc(C2CCC(C#Cc3ccc(C(F)(F)F)cc3)CC2)cc1. The molecule has 28 heavy (non-hydrogen) atoms. The Balaban J connectivity index is 1.52. The lowest BCUT2D eigenvalue weighted by Gasteiger charge is -2.26. The molecule has 3 rings (SSSR count). The first-order valence-corrected chi connectivity index (χ1v) is 10.2. The second kappa shape index (κ2) is 9.32. The number of hydrogen-bond donors (Lipinski definition) is 0. The zero-order valence-electron chi connectivity index (χ0n) is 16.4. The van der Waals surface area contributed by atoms with Crippen LogP contribution in [0.5, 0.6) is 0 Å². The van der Waals surface area contributed by atoms with Gasteiger partial charge >= 0.3 is 6.18 Å². The standard InChI is InChI=1S/C25H27F3/c1-2-3-4-19-7-13-22(14-8-19)23-15-9-20(10-16-23)5-6-21-11-17-24(18-12-21)25(26,27)28/h7-8,11-14,17-18,20,23H,2-4,9-10,15-16H2,1H3. The van der Waals surface area contributed by atoms with Crippen LogP contribution < -0.4 is 0 Å². The molecule has 0 atom stereocenters. The van der Waals surface area contributed by atoms with Gasteiger partial charge in [-0.2, -0.15) is 13.2 Å². The zero-order chi connectivity index (χ0) is 20.0. The molecule has 148 valence electrons. The van der Waals surface area contributed by atoms with Gasteiger partial charge in [-0.3, -0.25) is 0 Å². The highest BCUT2D eigenvalue weighted by molar-refractivity contribution is 5.37. The van der Waals surface area contributed by atoms with E-state index in [-0.39, 0.29) is 0 Å². The summed E-state index contributed by atoms with van der Waals surface area (Å²) in [5.74, 6) is 7.26. The Morgan fingerprint density at radius 2 is 1.54 bits per heavy atom. The van der Waals surface area contributed by atoms with Gasteiger partial charge in [-0.25, -0.2) is 0 Å². The Morgan fingerprint density at radius 1 is 0.893 bits per heavy atom. The van der Waals surface area contributed by atoms with Crippen LogP contribution >= 0.6 is 0 Å². The van der Waals surface area contributed by atoms with Crippen LogP contribution in [-0.4, -0.2) is 0 Å². The molecule has 0 bridgehead atoms. The number of halogens is 3. The molecule has 0 spiro atoms. The second-order valence-corrected chi connectivity index (χ2v) is 7.74. The van der Waals surface area contributed by atoms with Crippen molar-refractivity contribution >= 4 is 0 Å². The summed E-state index contributed by atoms with van der Waals surface area (Å²) >= 11 is 0. The largest absolute Gasteiger partial charge is 0.416 e. The van der Waals surface area contributed by atoms with Crippen LogP contribution in [0.4, 0.5) is 13.2 Å². The third kappa shape index (κ3) is 5.64. The van der Waals surface area contributed by atoms with Gasteiger partial charge < -0.3 is 0 Å². The third-order valence-corrected chi connectivity index (χ3v) is 5.63. The first kappa shape index (κ1) is 20.5. The van der Waals surface area contributed by atoms with Gasteiger partial charge in [-0.15, -0.1) is 0 Å². The predicted molar refractivity (Wildman–Crippen MR) is 108 cm³/mol. The van der Waals surface area contributed by atoms with E-state index in [0.717, 1.165) is 44.2 Å². The summed E-state index contributed by atoms with van der Waals surface area (Å²) in [5.41, 5.74) is 2.87. The van der Waals surface area contributed by atoms with Gasteiger partial charge in [-0.1, -0.05) is 49.5 Å². The molecule has 0 heterocycles. The highest BCUT2D eigenvalue weighted by Gasteiger charge is 2.29. The molecule has 2 aromatic carbocycles. The topological polar surface area (TPSA) is 0 Å². The van der Waals surface area contributed by atoms with E-state index in [0.29, 0.717) is 17.4 Å². The maximum absolute atomic E-state index is 12.6. The van der Waals surface area contributed by atoms with Gasteiger partial charge in [0.05, 0.1) is 5.56 Å². The number of benzene rings is 2. The molecule has 0 aliphatic heterocycles. The fourth-order valence-electron chi connectivity index (χ4n) is 3.84. The minimum Gasteiger partial charge on any atom is -0.166 e. The number of unbranched alkanes of at least 4 members (excludes halogenated alkanes) is 1. The molecule has 0 nitrogen and oxygen atoms in total. The van der Waals surface area contributed by atoms with Crippen molar-refractivity contribution in [1.82, 2.24) is 0 Å². The molecule has 0 aromatic heterocycles. The number of hydrogen-bond acceptors (Lipinski definition) is 0. The molecule has 1 aliphatic carbocycles. The van der Waals surface area contributed by atoms with Crippen LogP contribution in [0, 0.1) is 17.8 Å². The molecular weight excluding hydrogens is 357 g/mol. The lowest BCUT2D eigenvalue weighted by molar-refractivity contribution is -0.137. The molecule has 0 N–H and O–H groups in total. The third-order valence-electron chi connectivity index (χ3n) is 5.63. The average Bonchev–Trinajstić information content (AvgIpc) is 2.71. The zero-order valence-corrected chi connectivity index (χ0v) is 16.4. The molecule has 0 saturated heterocycles. The van der Waals surface area contributed by atoms with Crippen molar-refractivity contribution in [2.75, 3.05) is 0 Å². The quantitative estimate of drug-likeness (QED) is 0.483. The molecule has 0 radical (unpaired) electrons. The molecule has 1 aliphatic rings. The highest BCUT2D eigenvalue weighted by Crippen LogP contribution is 2.35. The summed E-state index contributed by atoms with van der Waals surface area (Å²) in [6.07, 6.45) is 3.68. The van der Waals surface area contributed by atoms with Crippen molar-refractivity contribution in [2.45, 2.75) is 64.0 Å². The fourth-order valence-corrected chi connectivity index (χ4v) is 3.84. The molecule has 3 heteroatoms. The van der Waals surface area contributed by atoms with Crippen molar-refractivity contribution in [3.63, 3.8) is 0 Å². The fraction of sp³-hybridized carbons (Fsp3) is 0.440. The van der Waals surface area contributed by atoms with Crippen molar-refractivity contribution in [3.8, 4) is 11.8 Å². The molecule has 2 aromatic rings. The van der Waals surface area contributed by atoms with Crippen molar-refractivity contribution in [1.29, 1.82) is 0 Å². The summed E-state index contributed by atoms with van der Waals surface area (Å²) in [4.78, 5) is 0. The first-order chi connectivity index (χ1) is 13.5. The Bertz CT molecular complexity index is 796. The molecule has 0 unspecified atom stereocenters. The van der Waals surface area contributed by atoms with Gasteiger partial charge in [-0.05, 0) is 79.8 Å². The summed E-state index contributed by atoms with van der Waals surface area (Å²) in [5, 5.41) is 0. The Hall–Kier alpha value is -2.21. The smallest absolute Gasteiger partial charge is 0.166 e. The number of rotatable bonds is 4. The van der Waals surface area contributed by atoms with Gasteiger partial charge in [0, 0.05) is 11.5 Å². The van der Waals surface area contributed by atoms with E-state index in [1.165, 1.54) is 36.1 Å². The van der Waals surface area contributed by atoms with E-state index in [9.17, 15) is 13.2 Å². The second-order valence-electron chi connectivity index (χ2n) is 7.74. The van der Waals surface area contributed by atoms with Crippen LogP contribution in [0.1, 0.15) is 73.6 Å². The van der Waals surface area contributed by atoms with Crippen molar-refractivity contribution in [3.05, 3.63) is 70.8 Å². The summed E-state index contributed by atoms with van der Waals surface area (Å²) in [7, 11) is 0. The molecule has 0 amide bonds. The Kier molecular flexibility index (Phi) is 6.83. The van der Waals surface area contributed by atoms with Gasteiger partial charge in [0.25, 0.3) is 0 Å². The molecular formula is C25H27F3. The summed E-state index contributed by atoms with van der Waals surface area (Å²) in [6.45, 7) is 2.22. The van der Waals surface area contributed by atoms with E-state index in [1.54, 1.807) is 0 Å². The monoisotopic (exact) mass is 384 g/mol. The first-order valence-electron chi connectivity index (χ1n) is 10.2. The van der Waals surface area contributed by atoms with E-state index in [2.05, 4.69) is 43.0 Å². The van der Waals surface area contributed by atoms with Gasteiger partial charge in [0.1, 0.15) is 0 Å². The maximum Gasteiger partial charge on any atom is 0.416 e. The maximum atomic E-state index is 12.6. The Morgan fingerprint density at radius 3 is 2.11 bits per heavy atom. The Labute approximate surface area is 166 Å². The summed E-state index contributed by atoms with van der Waals surface area (Å²) < 4.78 is 37.8. The number of alkyl halides is 3. The van der Waals surface area contributed by atoms with Gasteiger partial charge in [0.15, 0.2) is 0 Å². The predicted octanol–water partition coefficient (Wildman–Crippen LogP) is 7.37. The molecule has 1 fully saturated rings. The molecule has 1 saturated carbocycles. The van der Waals surface area contributed by atoms with Crippen LogP contribution in [0.15, 0.2) is 48.5 Å². The van der Waals surface area contributed by atoms with Crippen LogP contribution in [0.2, 0.25) is 0 Å². The van der Waals surface area contributed by atoms with E-state index < -0.39 is 11.7 Å². The van der Waals surface area contributed by atoms with E-state index in [4.69, 9.17) is 0 Å².